The van der Waals surface area contributed by atoms with Gasteiger partial charge >= 0.3 is 11.7 Å². The number of aromatic nitrogens is 1. The molecule has 0 aromatic carbocycles. The van der Waals surface area contributed by atoms with E-state index in [0.29, 0.717) is 0 Å². The van der Waals surface area contributed by atoms with E-state index in [0.717, 1.165) is 0 Å². The van der Waals surface area contributed by atoms with Gasteiger partial charge in [-0.15, -0.1) is 0 Å². The van der Waals surface area contributed by atoms with E-state index in [1.807, 2.05) is 0 Å². The Kier molecular flexibility index (Phi) is 5.67. The molecule has 1 aromatic rings. The number of anilines is 1. The summed E-state index contributed by atoms with van der Waals surface area (Å²) in [6.07, 6.45) is 0. The first-order valence-electron chi connectivity index (χ1n) is 5.86. The highest BCUT2D eigenvalue weighted by atomic mass is 35.5. The molecule has 0 unspecified atom stereocenters. The van der Waals surface area contributed by atoms with Crippen molar-refractivity contribution in [1.82, 2.24) is 5.32 Å². The van der Waals surface area contributed by atoms with E-state index in [1.165, 1.54) is 0 Å². The molecule has 0 fully saturated rings. The van der Waals surface area contributed by atoms with Gasteiger partial charge in [-0.1, -0.05) is 23.2 Å². The van der Waals surface area contributed by atoms with Crippen molar-refractivity contribution >= 4 is 52.4 Å². The minimum absolute atomic E-state index is 0.00342. The van der Waals surface area contributed by atoms with Gasteiger partial charge in [0.2, 0.25) is 0 Å². The van der Waals surface area contributed by atoms with Gasteiger partial charge < -0.3 is 15.8 Å². The number of pyridine rings is 1. The van der Waals surface area contributed by atoms with Gasteiger partial charge in [-0.25, -0.2) is 4.79 Å². The number of hydrogen-bond donors (Lipinski definition) is 2. The number of aromatic amines is 1. The van der Waals surface area contributed by atoms with Crippen LogP contribution in [0.5, 0.6) is 0 Å². The molecule has 9 heteroatoms. The van der Waals surface area contributed by atoms with E-state index in [4.69, 9.17) is 45.3 Å². The summed E-state index contributed by atoms with van der Waals surface area (Å²) < 4.78 is 4.84. The Morgan fingerprint density at radius 3 is 2.33 bits per heavy atom. The fourth-order valence-corrected chi connectivity index (χ4v) is 1.97. The van der Waals surface area contributed by atoms with Crippen LogP contribution in [0.2, 0.25) is 15.2 Å². The predicted octanol–water partition coefficient (Wildman–Crippen LogP) is 2.11. The molecule has 0 bridgehead atoms. The predicted molar refractivity (Wildman–Crippen MR) is 80.6 cm³/mol. The van der Waals surface area contributed by atoms with Gasteiger partial charge in [-0.3, -0.25) is 4.79 Å². The number of ether oxygens (including phenoxy) is 1. The summed E-state index contributed by atoms with van der Waals surface area (Å²) in [6, 6.07) is 0. The maximum Gasteiger partial charge on any atom is 0.405 e. The summed E-state index contributed by atoms with van der Waals surface area (Å²) in [5.74, 6) is -1.31. The number of hydrogen-bond acceptors (Lipinski definition) is 4. The molecule has 1 aromatic heterocycles. The Balaban J connectivity index is 2.80. The first-order chi connectivity index (χ1) is 9.53. The minimum atomic E-state index is -0.866. The highest BCUT2D eigenvalue weighted by Gasteiger charge is 2.28. The molecule has 0 saturated carbocycles. The number of nitrogen functional groups attached to an aromatic ring is 1. The van der Waals surface area contributed by atoms with Gasteiger partial charge in [0, 0.05) is 5.54 Å². The van der Waals surface area contributed by atoms with Crippen LogP contribution in [-0.2, 0) is 9.53 Å². The van der Waals surface area contributed by atoms with Crippen LogP contribution in [0.1, 0.15) is 31.3 Å². The molecule has 4 N–H and O–H groups in total. The van der Waals surface area contributed by atoms with Crippen molar-refractivity contribution in [3.8, 4) is 0 Å². The van der Waals surface area contributed by atoms with Gasteiger partial charge in [-0.2, -0.15) is 4.98 Å². The second-order valence-corrected chi connectivity index (χ2v) is 6.36. The summed E-state index contributed by atoms with van der Waals surface area (Å²) in [7, 11) is 0. The number of halogens is 3. The summed E-state index contributed by atoms with van der Waals surface area (Å²) in [5.41, 5.74) is 4.95. The fraction of sp³-hybridized carbons (Fsp3) is 0.417. The average molecular weight is 356 g/mol. The maximum atomic E-state index is 11.9. The lowest BCUT2D eigenvalue weighted by atomic mass is 10.1. The quantitative estimate of drug-likeness (QED) is 0.641. The summed E-state index contributed by atoms with van der Waals surface area (Å²) in [4.78, 5) is 25.9. The van der Waals surface area contributed by atoms with Crippen LogP contribution in [-0.4, -0.2) is 24.0 Å². The number of H-pyrrole nitrogens is 1. The third kappa shape index (κ3) is 4.91. The van der Waals surface area contributed by atoms with Crippen LogP contribution in [0.4, 0.5) is 5.69 Å². The number of carbonyl (C=O) groups is 2. The minimum Gasteiger partial charge on any atom is -0.448 e. The van der Waals surface area contributed by atoms with Crippen molar-refractivity contribution in [1.29, 1.82) is 0 Å². The molecule has 21 heavy (non-hydrogen) atoms. The van der Waals surface area contributed by atoms with Crippen LogP contribution in [0, 0.1) is 0 Å². The van der Waals surface area contributed by atoms with Gasteiger partial charge in [0.1, 0.15) is 10.0 Å². The van der Waals surface area contributed by atoms with Gasteiger partial charge in [0.15, 0.2) is 6.61 Å². The van der Waals surface area contributed by atoms with E-state index in [-0.39, 0.29) is 26.6 Å². The molecule has 1 heterocycles. The van der Waals surface area contributed by atoms with Gasteiger partial charge in [-0.05, 0) is 32.4 Å². The SMILES string of the molecule is CC(C)(C)NC(=O)COC(=O)c1[nH+]c(Cl)c(Cl)c(N)c1Cl. The Bertz CT molecular complexity index is 585. The molecule has 0 aliphatic rings. The van der Waals surface area contributed by atoms with Crippen LogP contribution in [0.3, 0.4) is 0 Å². The monoisotopic (exact) mass is 354 g/mol. The Morgan fingerprint density at radius 2 is 1.81 bits per heavy atom. The molecular formula is C12H15Cl3N3O3+. The summed E-state index contributed by atoms with van der Waals surface area (Å²) in [6.45, 7) is 4.95. The fourth-order valence-electron chi connectivity index (χ4n) is 1.37. The molecule has 0 spiro atoms. The number of amides is 1. The van der Waals surface area contributed by atoms with E-state index in [9.17, 15) is 9.59 Å². The van der Waals surface area contributed by atoms with Crippen LogP contribution in [0.25, 0.3) is 0 Å². The van der Waals surface area contributed by atoms with Gasteiger partial charge in [0.25, 0.3) is 11.1 Å². The van der Waals surface area contributed by atoms with Crippen LogP contribution in [0.15, 0.2) is 0 Å². The van der Waals surface area contributed by atoms with Gasteiger partial charge in [0.05, 0.1) is 5.69 Å². The number of rotatable bonds is 3. The van der Waals surface area contributed by atoms with Crippen molar-refractivity contribution in [2.24, 2.45) is 0 Å². The molecule has 0 aliphatic heterocycles. The standard InChI is InChI=1S/C12H14Cl3N3O3/c1-12(2,3)18-5(19)4-21-11(20)9-6(13)8(16)7(14)10(15)17-9/h4H2,1-3H3,(H2,16,17)(H,18,19)/p+1. The second kappa shape index (κ2) is 6.68. The largest absolute Gasteiger partial charge is 0.448 e. The third-order valence-corrected chi connectivity index (χ3v) is 3.34. The molecule has 116 valence electrons. The highest BCUT2D eigenvalue weighted by molar-refractivity contribution is 6.45. The molecule has 1 amide bonds. The average Bonchev–Trinajstić information content (AvgIpc) is 2.35. The molecule has 1 rings (SSSR count). The van der Waals surface area contributed by atoms with E-state index >= 15 is 0 Å². The smallest absolute Gasteiger partial charge is 0.405 e. The third-order valence-electron chi connectivity index (χ3n) is 2.17. The normalized spacial score (nSPS) is 11.1. The molecule has 0 atom stereocenters. The lowest BCUT2D eigenvalue weighted by molar-refractivity contribution is -0.380. The molecule has 0 radical (unpaired) electrons. The molecule has 6 nitrogen and oxygen atoms in total. The Hall–Kier alpha value is -1.24. The van der Waals surface area contributed by atoms with E-state index < -0.39 is 24.0 Å². The lowest BCUT2D eigenvalue weighted by Gasteiger charge is -2.20. The topological polar surface area (TPSA) is 95.6 Å². The van der Waals surface area contributed by atoms with E-state index in [2.05, 4.69) is 10.3 Å². The number of nitrogens with two attached hydrogens (primary N) is 1. The number of nitrogens with one attached hydrogen (secondary N) is 2. The Labute approximate surface area is 136 Å². The van der Waals surface area contributed by atoms with Crippen molar-refractivity contribution in [2.75, 3.05) is 12.3 Å². The number of carbonyl (C=O) groups excluding carboxylic acids is 2. The zero-order chi connectivity index (χ0) is 16.4. The lowest BCUT2D eigenvalue weighted by Crippen LogP contribution is -2.43. The van der Waals surface area contributed by atoms with Crippen molar-refractivity contribution in [2.45, 2.75) is 26.3 Å². The zero-order valence-corrected chi connectivity index (χ0v) is 13.9. The van der Waals surface area contributed by atoms with Crippen molar-refractivity contribution < 1.29 is 19.3 Å². The summed E-state index contributed by atoms with van der Waals surface area (Å²) >= 11 is 17.4. The zero-order valence-electron chi connectivity index (χ0n) is 11.6. The first kappa shape index (κ1) is 17.8. The van der Waals surface area contributed by atoms with E-state index in [1.54, 1.807) is 20.8 Å². The van der Waals surface area contributed by atoms with Crippen LogP contribution >= 0.6 is 34.8 Å². The molecule has 0 aliphatic carbocycles. The Morgan fingerprint density at radius 1 is 1.24 bits per heavy atom. The maximum absolute atomic E-state index is 11.9. The van der Waals surface area contributed by atoms with Crippen molar-refractivity contribution in [3.63, 3.8) is 0 Å². The molecular weight excluding hydrogens is 341 g/mol. The summed E-state index contributed by atoms with van der Waals surface area (Å²) in [5, 5.41) is 2.47. The number of esters is 1. The highest BCUT2D eigenvalue weighted by Crippen LogP contribution is 2.32. The molecule has 0 saturated heterocycles. The first-order valence-corrected chi connectivity index (χ1v) is 6.99. The second-order valence-electron chi connectivity index (χ2n) is 5.23. The van der Waals surface area contributed by atoms with Crippen molar-refractivity contribution in [3.05, 3.63) is 20.9 Å². The van der Waals surface area contributed by atoms with Crippen LogP contribution < -0.4 is 16.0 Å².